The fourth-order valence-electron chi connectivity index (χ4n) is 1.64. The Morgan fingerprint density at radius 2 is 1.95 bits per heavy atom. The molecule has 0 aliphatic heterocycles. The number of rotatable bonds is 2. The molecule has 0 aliphatic carbocycles. The second kappa shape index (κ2) is 4.71. The van der Waals surface area contributed by atoms with Crippen LogP contribution in [0.5, 0.6) is 0 Å². The Kier molecular flexibility index (Phi) is 2.90. The standard InChI is InChI=1S/C12H9N5OS/c13-17-11(18)12-16-10(6-19-12)9-5-14-7-3-1-2-4-8(7)15-9/h1-6H,13H2,(H,17,18). The molecule has 2 aromatic heterocycles. The summed E-state index contributed by atoms with van der Waals surface area (Å²) in [5.41, 5.74) is 4.90. The molecule has 0 atom stereocenters. The Morgan fingerprint density at radius 1 is 1.16 bits per heavy atom. The lowest BCUT2D eigenvalue weighted by atomic mass is 10.3. The van der Waals surface area contributed by atoms with Crippen molar-refractivity contribution in [3.05, 3.63) is 40.8 Å². The first-order valence-corrected chi connectivity index (χ1v) is 6.34. The normalized spacial score (nSPS) is 10.6. The number of nitrogens with one attached hydrogen (secondary N) is 1. The van der Waals surface area contributed by atoms with Crippen LogP contribution in [0.25, 0.3) is 22.4 Å². The molecule has 7 heteroatoms. The van der Waals surface area contributed by atoms with E-state index in [1.165, 1.54) is 11.3 Å². The predicted octanol–water partition coefficient (Wildman–Crippen LogP) is 1.36. The Balaban J connectivity index is 2.04. The second-order valence-electron chi connectivity index (χ2n) is 3.76. The van der Waals surface area contributed by atoms with E-state index in [4.69, 9.17) is 5.84 Å². The molecule has 0 spiro atoms. The third-order valence-electron chi connectivity index (χ3n) is 2.54. The molecule has 0 radical (unpaired) electrons. The average molecular weight is 271 g/mol. The smallest absolute Gasteiger partial charge is 0.288 e. The van der Waals surface area contributed by atoms with Gasteiger partial charge in [-0.1, -0.05) is 12.1 Å². The Morgan fingerprint density at radius 3 is 2.74 bits per heavy atom. The van der Waals surface area contributed by atoms with Crippen LogP contribution in [-0.4, -0.2) is 20.9 Å². The minimum atomic E-state index is -0.412. The minimum Gasteiger partial charge on any atom is -0.288 e. The van der Waals surface area contributed by atoms with Gasteiger partial charge in [-0.2, -0.15) is 0 Å². The molecule has 1 aromatic carbocycles. The highest BCUT2D eigenvalue weighted by molar-refractivity contribution is 7.12. The molecular weight excluding hydrogens is 262 g/mol. The lowest BCUT2D eigenvalue weighted by Gasteiger charge is -1.99. The number of hydrogen-bond donors (Lipinski definition) is 2. The molecule has 1 amide bonds. The number of nitrogens with zero attached hydrogens (tertiary/aromatic N) is 3. The maximum absolute atomic E-state index is 11.3. The van der Waals surface area contributed by atoms with Crippen LogP contribution in [0.2, 0.25) is 0 Å². The van der Waals surface area contributed by atoms with Gasteiger partial charge in [-0.05, 0) is 12.1 Å². The number of benzene rings is 1. The van der Waals surface area contributed by atoms with Crippen molar-refractivity contribution in [1.29, 1.82) is 0 Å². The summed E-state index contributed by atoms with van der Waals surface area (Å²) in [6, 6.07) is 7.57. The molecule has 3 N–H and O–H groups in total. The number of carbonyl (C=O) groups excluding carboxylic acids is 1. The monoisotopic (exact) mass is 271 g/mol. The van der Waals surface area contributed by atoms with Crippen LogP contribution in [0.4, 0.5) is 0 Å². The Bertz CT molecular complexity index is 754. The van der Waals surface area contributed by atoms with Crippen LogP contribution >= 0.6 is 11.3 Å². The Labute approximate surface area is 112 Å². The van der Waals surface area contributed by atoms with E-state index in [1.54, 1.807) is 11.6 Å². The van der Waals surface area contributed by atoms with Gasteiger partial charge in [0.2, 0.25) is 0 Å². The number of aromatic nitrogens is 3. The zero-order valence-corrected chi connectivity index (χ0v) is 10.5. The SMILES string of the molecule is NNC(=O)c1nc(-c2cnc3ccccc3n2)cs1. The number of hydrazine groups is 1. The molecule has 3 aromatic rings. The number of carbonyl (C=O) groups is 1. The minimum absolute atomic E-state index is 0.299. The van der Waals surface area contributed by atoms with Gasteiger partial charge in [-0.3, -0.25) is 15.2 Å². The van der Waals surface area contributed by atoms with Gasteiger partial charge in [0.1, 0.15) is 11.4 Å². The molecule has 3 rings (SSSR count). The van der Waals surface area contributed by atoms with Gasteiger partial charge in [-0.15, -0.1) is 11.3 Å². The van der Waals surface area contributed by atoms with Crippen LogP contribution < -0.4 is 11.3 Å². The topological polar surface area (TPSA) is 93.8 Å². The van der Waals surface area contributed by atoms with Gasteiger partial charge in [0.15, 0.2) is 5.01 Å². The van der Waals surface area contributed by atoms with E-state index in [9.17, 15) is 4.79 Å². The molecule has 0 aliphatic rings. The van der Waals surface area contributed by atoms with E-state index in [0.29, 0.717) is 16.4 Å². The van der Waals surface area contributed by atoms with Crippen LogP contribution in [0, 0.1) is 0 Å². The number of amides is 1. The van der Waals surface area contributed by atoms with Crippen molar-refractivity contribution in [1.82, 2.24) is 20.4 Å². The lowest BCUT2D eigenvalue weighted by molar-refractivity contribution is 0.0953. The average Bonchev–Trinajstić information content (AvgIpc) is 2.95. The first-order chi connectivity index (χ1) is 9.28. The maximum atomic E-state index is 11.3. The zero-order valence-electron chi connectivity index (χ0n) is 9.70. The molecule has 0 fully saturated rings. The number of para-hydroxylation sites is 2. The number of nitrogen functional groups attached to an aromatic ring is 1. The van der Waals surface area contributed by atoms with Gasteiger partial charge in [0, 0.05) is 5.38 Å². The van der Waals surface area contributed by atoms with E-state index in [-0.39, 0.29) is 0 Å². The molecule has 0 unspecified atom stereocenters. The van der Waals surface area contributed by atoms with Crippen LogP contribution in [0.15, 0.2) is 35.8 Å². The van der Waals surface area contributed by atoms with Crippen LogP contribution in [0.1, 0.15) is 9.80 Å². The van der Waals surface area contributed by atoms with Gasteiger partial charge in [0.25, 0.3) is 5.91 Å². The molecule has 0 saturated heterocycles. The third-order valence-corrected chi connectivity index (χ3v) is 3.38. The van der Waals surface area contributed by atoms with Crippen LogP contribution in [0.3, 0.4) is 0 Å². The zero-order chi connectivity index (χ0) is 13.2. The van der Waals surface area contributed by atoms with Gasteiger partial charge in [-0.25, -0.2) is 15.8 Å². The second-order valence-corrected chi connectivity index (χ2v) is 4.61. The van der Waals surface area contributed by atoms with E-state index >= 15 is 0 Å². The molecule has 19 heavy (non-hydrogen) atoms. The first-order valence-electron chi connectivity index (χ1n) is 5.46. The van der Waals surface area contributed by atoms with Gasteiger partial charge < -0.3 is 0 Å². The molecule has 6 nitrogen and oxygen atoms in total. The summed E-state index contributed by atoms with van der Waals surface area (Å²) in [6.45, 7) is 0. The van der Waals surface area contributed by atoms with E-state index < -0.39 is 5.91 Å². The molecule has 0 bridgehead atoms. The van der Waals surface area contributed by atoms with Gasteiger partial charge in [0.05, 0.1) is 17.2 Å². The maximum Gasteiger partial charge on any atom is 0.294 e. The largest absolute Gasteiger partial charge is 0.294 e. The predicted molar refractivity (Wildman–Crippen MR) is 72.3 cm³/mol. The van der Waals surface area contributed by atoms with Gasteiger partial charge >= 0.3 is 0 Å². The number of fused-ring (bicyclic) bond motifs is 1. The van der Waals surface area contributed by atoms with Crippen LogP contribution in [-0.2, 0) is 0 Å². The first kappa shape index (κ1) is 11.7. The summed E-state index contributed by atoms with van der Waals surface area (Å²) in [4.78, 5) is 24.3. The fourth-order valence-corrected chi connectivity index (χ4v) is 2.35. The quantitative estimate of drug-likeness (QED) is 0.417. The van der Waals surface area contributed by atoms with E-state index in [0.717, 1.165) is 11.0 Å². The van der Waals surface area contributed by atoms with Crippen molar-refractivity contribution in [2.45, 2.75) is 0 Å². The van der Waals surface area contributed by atoms with Crippen molar-refractivity contribution >= 4 is 28.3 Å². The van der Waals surface area contributed by atoms with Crippen molar-refractivity contribution in [2.24, 2.45) is 5.84 Å². The molecule has 2 heterocycles. The summed E-state index contributed by atoms with van der Waals surface area (Å²) in [6.07, 6.45) is 1.64. The lowest BCUT2D eigenvalue weighted by Crippen LogP contribution is -2.29. The highest BCUT2D eigenvalue weighted by Crippen LogP contribution is 2.21. The fraction of sp³-hybridized carbons (Fsp3) is 0. The Hall–Kier alpha value is -2.38. The number of nitrogens with two attached hydrogens (primary N) is 1. The summed E-state index contributed by atoms with van der Waals surface area (Å²) in [5, 5.41) is 2.05. The highest BCUT2D eigenvalue weighted by Gasteiger charge is 2.12. The van der Waals surface area contributed by atoms with Crippen molar-refractivity contribution in [3.63, 3.8) is 0 Å². The highest BCUT2D eigenvalue weighted by atomic mass is 32.1. The molecule has 94 valence electrons. The summed E-state index contributed by atoms with van der Waals surface area (Å²) >= 11 is 1.21. The molecular formula is C12H9N5OS. The summed E-state index contributed by atoms with van der Waals surface area (Å²) < 4.78 is 0. The summed E-state index contributed by atoms with van der Waals surface area (Å²) in [5.74, 6) is 4.65. The van der Waals surface area contributed by atoms with E-state index in [1.807, 2.05) is 29.7 Å². The molecule has 0 saturated carbocycles. The number of hydrogen-bond acceptors (Lipinski definition) is 6. The van der Waals surface area contributed by atoms with Crippen molar-refractivity contribution in [2.75, 3.05) is 0 Å². The third kappa shape index (κ3) is 2.16. The van der Waals surface area contributed by atoms with Crippen molar-refractivity contribution in [3.8, 4) is 11.4 Å². The number of thiazole rings is 1. The van der Waals surface area contributed by atoms with E-state index in [2.05, 4.69) is 15.0 Å². The summed E-state index contributed by atoms with van der Waals surface area (Å²) in [7, 11) is 0. The van der Waals surface area contributed by atoms with Crippen molar-refractivity contribution < 1.29 is 4.79 Å².